The van der Waals surface area contributed by atoms with E-state index in [2.05, 4.69) is 22.9 Å². The number of aryl methyl sites for hydroxylation is 1. The average molecular weight is 383 g/mol. The van der Waals surface area contributed by atoms with E-state index in [9.17, 15) is 4.79 Å². The molecule has 0 unspecified atom stereocenters. The van der Waals surface area contributed by atoms with Crippen molar-refractivity contribution < 1.29 is 19.4 Å². The lowest BCUT2D eigenvalue weighted by atomic mass is 10.1. The molecule has 2 fully saturated rings. The molecule has 0 spiro atoms. The van der Waals surface area contributed by atoms with Crippen molar-refractivity contribution in [2.24, 2.45) is 0 Å². The van der Waals surface area contributed by atoms with Crippen LogP contribution in [0.15, 0.2) is 42.6 Å². The number of carbonyl (C=O) groups is 1. The number of aliphatic hydroxyl groups excluding tert-OH is 1. The van der Waals surface area contributed by atoms with Crippen molar-refractivity contribution in [3.63, 3.8) is 0 Å². The number of cyclic esters (lactones) is 1. The fourth-order valence-corrected chi connectivity index (χ4v) is 3.62. The minimum Gasteiger partial charge on any atom is -0.490 e. The molecule has 0 radical (unpaired) electrons. The maximum Gasteiger partial charge on any atom is 0.414 e. The predicted molar refractivity (Wildman–Crippen MR) is 106 cm³/mol. The van der Waals surface area contributed by atoms with Crippen molar-refractivity contribution in [1.29, 1.82) is 0 Å². The van der Waals surface area contributed by atoms with Crippen LogP contribution >= 0.6 is 0 Å². The fraction of sp³-hybridized carbons (Fsp3) is 0.429. The molecule has 3 heterocycles. The molecule has 0 saturated carbocycles. The number of anilines is 2. The van der Waals surface area contributed by atoms with Gasteiger partial charge < -0.3 is 19.5 Å². The molecule has 2 aliphatic rings. The number of ether oxygens (including phenoxy) is 2. The summed E-state index contributed by atoms with van der Waals surface area (Å²) in [4.78, 5) is 20.1. The maximum absolute atomic E-state index is 11.9. The number of nitrogens with zero attached hydrogens (tertiary/aromatic N) is 3. The predicted octanol–water partition coefficient (Wildman–Crippen LogP) is 2.76. The Morgan fingerprint density at radius 1 is 1.21 bits per heavy atom. The lowest BCUT2D eigenvalue weighted by molar-refractivity contribution is 0.0963. The topological polar surface area (TPSA) is 75.1 Å². The third-order valence-electron chi connectivity index (χ3n) is 5.27. The highest BCUT2D eigenvalue weighted by Crippen LogP contribution is 2.26. The first-order valence-corrected chi connectivity index (χ1v) is 9.66. The Hall–Kier alpha value is -2.80. The van der Waals surface area contributed by atoms with Gasteiger partial charge in [-0.15, -0.1) is 0 Å². The summed E-state index contributed by atoms with van der Waals surface area (Å²) in [6.07, 6.45) is 2.86. The van der Waals surface area contributed by atoms with Gasteiger partial charge in [-0.3, -0.25) is 4.90 Å². The monoisotopic (exact) mass is 383 g/mol. The summed E-state index contributed by atoms with van der Waals surface area (Å²) in [5.41, 5.74) is 1.84. The second-order valence-electron chi connectivity index (χ2n) is 7.24. The Morgan fingerprint density at radius 2 is 2.00 bits per heavy atom. The number of rotatable bonds is 5. The molecule has 1 atom stereocenters. The van der Waals surface area contributed by atoms with Crippen LogP contribution in [0.2, 0.25) is 0 Å². The highest BCUT2D eigenvalue weighted by molar-refractivity contribution is 5.89. The molecule has 2 saturated heterocycles. The first-order valence-electron chi connectivity index (χ1n) is 9.66. The van der Waals surface area contributed by atoms with Crippen molar-refractivity contribution in [2.75, 3.05) is 36.0 Å². The van der Waals surface area contributed by atoms with Crippen molar-refractivity contribution in [1.82, 2.24) is 4.98 Å². The number of benzene rings is 1. The van der Waals surface area contributed by atoms with Gasteiger partial charge in [-0.2, -0.15) is 0 Å². The summed E-state index contributed by atoms with van der Waals surface area (Å²) in [6.45, 7) is 3.99. The van der Waals surface area contributed by atoms with Crippen molar-refractivity contribution in [2.45, 2.75) is 32.0 Å². The second-order valence-corrected chi connectivity index (χ2v) is 7.24. The van der Waals surface area contributed by atoms with Crippen molar-refractivity contribution >= 4 is 17.6 Å². The number of carbonyl (C=O) groups excluding carboxylic acids is 1. The van der Waals surface area contributed by atoms with E-state index >= 15 is 0 Å². The second kappa shape index (κ2) is 8.06. The number of para-hydroxylation sites is 1. The maximum atomic E-state index is 11.9. The molecule has 1 amide bonds. The van der Waals surface area contributed by atoms with E-state index in [0.717, 1.165) is 43.1 Å². The number of pyridine rings is 1. The largest absolute Gasteiger partial charge is 0.490 e. The molecule has 4 rings (SSSR count). The van der Waals surface area contributed by atoms with E-state index in [0.29, 0.717) is 12.2 Å². The van der Waals surface area contributed by atoms with E-state index in [4.69, 9.17) is 14.6 Å². The standard InChI is InChI=1S/C21H25N3O4/c1-15-4-2-3-5-19(15)27-17-8-10-23(11-9-17)20-7-6-16(12-22-20)24-13-18(14-25)28-21(24)26/h2-7,12,17-18,25H,8-11,13-14H2,1H3/t18-/m1/s1. The molecule has 7 nitrogen and oxygen atoms in total. The Labute approximate surface area is 164 Å². The van der Waals surface area contributed by atoms with E-state index in [-0.39, 0.29) is 12.7 Å². The van der Waals surface area contributed by atoms with Crippen LogP contribution in [0.3, 0.4) is 0 Å². The Bertz CT molecular complexity index is 819. The molecule has 2 aromatic rings. The summed E-state index contributed by atoms with van der Waals surface area (Å²) in [5, 5.41) is 9.16. The quantitative estimate of drug-likeness (QED) is 0.856. The smallest absolute Gasteiger partial charge is 0.414 e. The van der Waals surface area contributed by atoms with Crippen LogP contribution in [-0.4, -0.2) is 54.6 Å². The molecule has 1 N–H and O–H groups in total. The average Bonchev–Trinajstić information content (AvgIpc) is 3.11. The van der Waals surface area contributed by atoms with Gasteiger partial charge in [-0.25, -0.2) is 9.78 Å². The summed E-state index contributed by atoms with van der Waals surface area (Å²) < 4.78 is 11.2. The highest BCUT2D eigenvalue weighted by Gasteiger charge is 2.32. The van der Waals surface area contributed by atoms with Crippen LogP contribution in [0, 0.1) is 6.92 Å². The minimum atomic E-state index is -0.473. The third-order valence-corrected chi connectivity index (χ3v) is 5.27. The number of aromatic nitrogens is 1. The normalized spacial score (nSPS) is 20.4. The summed E-state index contributed by atoms with van der Waals surface area (Å²) >= 11 is 0. The number of piperidine rings is 1. The van der Waals surface area contributed by atoms with Crippen LogP contribution in [0.5, 0.6) is 5.75 Å². The van der Waals surface area contributed by atoms with E-state index in [1.807, 2.05) is 30.3 Å². The molecule has 0 aliphatic carbocycles. The molecule has 148 valence electrons. The van der Waals surface area contributed by atoms with Crippen LogP contribution in [0.25, 0.3) is 0 Å². The Morgan fingerprint density at radius 3 is 2.64 bits per heavy atom. The zero-order valence-electron chi connectivity index (χ0n) is 16.0. The Kier molecular flexibility index (Phi) is 5.34. The molecular formula is C21H25N3O4. The minimum absolute atomic E-state index is 0.173. The molecule has 0 bridgehead atoms. The van der Waals surface area contributed by atoms with Crippen LogP contribution in [0.1, 0.15) is 18.4 Å². The van der Waals surface area contributed by atoms with Gasteiger partial charge in [-0.1, -0.05) is 18.2 Å². The zero-order chi connectivity index (χ0) is 19.5. The van der Waals surface area contributed by atoms with Gasteiger partial charge in [0.2, 0.25) is 0 Å². The lowest BCUT2D eigenvalue weighted by Gasteiger charge is -2.33. The van der Waals surface area contributed by atoms with Gasteiger partial charge in [0.05, 0.1) is 25.0 Å². The molecular weight excluding hydrogens is 358 g/mol. The first kappa shape index (κ1) is 18.6. The molecule has 7 heteroatoms. The van der Waals surface area contributed by atoms with Crippen LogP contribution < -0.4 is 14.5 Å². The highest BCUT2D eigenvalue weighted by atomic mass is 16.6. The van der Waals surface area contributed by atoms with Crippen LogP contribution in [0.4, 0.5) is 16.3 Å². The molecule has 1 aromatic carbocycles. The molecule has 28 heavy (non-hydrogen) atoms. The zero-order valence-corrected chi connectivity index (χ0v) is 16.0. The van der Waals surface area contributed by atoms with Crippen molar-refractivity contribution in [3.8, 4) is 5.75 Å². The summed E-state index contributed by atoms with van der Waals surface area (Å²) in [7, 11) is 0. The van der Waals surface area contributed by atoms with Gasteiger partial charge >= 0.3 is 6.09 Å². The molecule has 2 aliphatic heterocycles. The van der Waals surface area contributed by atoms with E-state index < -0.39 is 12.2 Å². The first-order chi connectivity index (χ1) is 13.6. The van der Waals surface area contributed by atoms with E-state index in [1.165, 1.54) is 4.90 Å². The number of aliphatic hydroxyl groups is 1. The number of amides is 1. The number of hydrogen-bond acceptors (Lipinski definition) is 6. The molecule has 1 aromatic heterocycles. The SMILES string of the molecule is Cc1ccccc1OC1CCN(c2ccc(N3C[C@H](CO)OC3=O)cn2)CC1. The van der Waals surface area contributed by atoms with Gasteiger partial charge in [0.15, 0.2) is 0 Å². The van der Waals surface area contributed by atoms with Crippen molar-refractivity contribution in [3.05, 3.63) is 48.2 Å². The summed E-state index contributed by atoms with van der Waals surface area (Å²) in [5.74, 6) is 1.85. The Balaban J connectivity index is 1.34. The third kappa shape index (κ3) is 3.89. The van der Waals surface area contributed by atoms with Gasteiger partial charge in [0.1, 0.15) is 23.8 Å². The number of hydrogen-bond donors (Lipinski definition) is 1. The fourth-order valence-electron chi connectivity index (χ4n) is 3.62. The van der Waals surface area contributed by atoms with Gasteiger partial charge in [0, 0.05) is 25.9 Å². The van der Waals surface area contributed by atoms with Gasteiger partial charge in [-0.05, 0) is 30.7 Å². The van der Waals surface area contributed by atoms with E-state index in [1.54, 1.807) is 6.20 Å². The summed E-state index contributed by atoms with van der Waals surface area (Å²) in [6, 6.07) is 11.9. The van der Waals surface area contributed by atoms with Gasteiger partial charge in [0.25, 0.3) is 0 Å². The lowest BCUT2D eigenvalue weighted by Crippen LogP contribution is -2.38. The van der Waals surface area contributed by atoms with Crippen LogP contribution in [-0.2, 0) is 4.74 Å².